The Bertz CT molecular complexity index is 194. The van der Waals surface area contributed by atoms with Gasteiger partial charge in [-0.25, -0.2) is 13.8 Å². The highest BCUT2D eigenvalue weighted by molar-refractivity contribution is 7.88. The van der Waals surface area contributed by atoms with Crippen LogP contribution in [0.3, 0.4) is 0 Å². The molecule has 0 amide bonds. The number of hydrogen-bond acceptors (Lipinski definition) is 3. The van der Waals surface area contributed by atoms with Gasteiger partial charge in [0.1, 0.15) is 0 Å². The summed E-state index contributed by atoms with van der Waals surface area (Å²) < 4.78 is 23.0. The predicted molar refractivity (Wildman–Crippen MR) is 38.8 cm³/mol. The Kier molecular flexibility index (Phi) is 2.28. The first-order valence-electron chi connectivity index (χ1n) is 3.32. The van der Waals surface area contributed by atoms with Crippen LogP contribution in [0.4, 0.5) is 0 Å². The summed E-state index contributed by atoms with van der Waals surface area (Å²) in [7, 11) is -3.00. The Balaban J connectivity index is 2.56. The SMILES string of the molecule is CS(=O)(=O)N1CCCCN1. The molecule has 60 valence electrons. The van der Waals surface area contributed by atoms with Crippen LogP contribution in [-0.4, -0.2) is 32.2 Å². The summed E-state index contributed by atoms with van der Waals surface area (Å²) in [5.41, 5.74) is 2.80. The van der Waals surface area contributed by atoms with E-state index in [1.54, 1.807) is 0 Å². The van der Waals surface area contributed by atoms with Crippen LogP contribution in [0.15, 0.2) is 0 Å². The van der Waals surface area contributed by atoms with Crippen molar-refractivity contribution in [3.8, 4) is 0 Å². The molecule has 5 heteroatoms. The van der Waals surface area contributed by atoms with E-state index in [0.717, 1.165) is 19.4 Å². The molecule has 0 bridgehead atoms. The van der Waals surface area contributed by atoms with Gasteiger partial charge in [-0.1, -0.05) is 0 Å². The maximum atomic E-state index is 10.8. The molecule has 1 heterocycles. The van der Waals surface area contributed by atoms with Gasteiger partial charge in [-0.05, 0) is 12.8 Å². The number of hydrogen-bond donors (Lipinski definition) is 1. The average molecular weight is 164 g/mol. The standard InChI is InChI=1S/C5H12N2O2S/c1-10(8,9)7-5-3-2-4-6-7/h6H,2-5H2,1H3. The van der Waals surface area contributed by atoms with Gasteiger partial charge in [0.2, 0.25) is 10.0 Å². The van der Waals surface area contributed by atoms with Gasteiger partial charge in [-0.2, -0.15) is 0 Å². The lowest BCUT2D eigenvalue weighted by molar-refractivity contribution is 0.270. The van der Waals surface area contributed by atoms with Crippen LogP contribution >= 0.6 is 0 Å². The van der Waals surface area contributed by atoms with Crippen LogP contribution < -0.4 is 5.43 Å². The fraction of sp³-hybridized carbons (Fsp3) is 1.00. The normalized spacial score (nSPS) is 22.9. The van der Waals surface area contributed by atoms with Crippen molar-refractivity contribution in [1.82, 2.24) is 9.84 Å². The largest absolute Gasteiger partial charge is 0.241 e. The Labute approximate surface area is 61.2 Å². The van der Waals surface area contributed by atoms with Crippen molar-refractivity contribution in [3.63, 3.8) is 0 Å². The molecule has 1 aliphatic rings. The topological polar surface area (TPSA) is 49.4 Å². The number of sulfonamides is 1. The van der Waals surface area contributed by atoms with Gasteiger partial charge < -0.3 is 0 Å². The summed E-state index contributed by atoms with van der Waals surface area (Å²) in [6, 6.07) is 0. The minimum Gasteiger partial charge on any atom is -0.241 e. The van der Waals surface area contributed by atoms with Crippen LogP contribution in [-0.2, 0) is 10.0 Å². The van der Waals surface area contributed by atoms with Gasteiger partial charge >= 0.3 is 0 Å². The molecular weight excluding hydrogens is 152 g/mol. The highest BCUT2D eigenvalue weighted by atomic mass is 32.2. The second kappa shape index (κ2) is 2.86. The van der Waals surface area contributed by atoms with Crippen molar-refractivity contribution in [2.24, 2.45) is 0 Å². The van der Waals surface area contributed by atoms with E-state index in [0.29, 0.717) is 6.54 Å². The van der Waals surface area contributed by atoms with Crippen molar-refractivity contribution in [1.29, 1.82) is 0 Å². The summed E-state index contributed by atoms with van der Waals surface area (Å²) in [5.74, 6) is 0. The monoisotopic (exact) mass is 164 g/mol. The van der Waals surface area contributed by atoms with E-state index in [9.17, 15) is 8.42 Å². The van der Waals surface area contributed by atoms with E-state index in [4.69, 9.17) is 0 Å². The van der Waals surface area contributed by atoms with Crippen LogP contribution in [0.1, 0.15) is 12.8 Å². The average Bonchev–Trinajstić information content (AvgIpc) is 1.88. The summed E-state index contributed by atoms with van der Waals surface area (Å²) >= 11 is 0. The minimum absolute atomic E-state index is 0.610. The number of nitrogens with zero attached hydrogens (tertiary/aromatic N) is 1. The molecule has 0 aromatic rings. The molecule has 0 radical (unpaired) electrons. The molecule has 0 atom stereocenters. The quantitative estimate of drug-likeness (QED) is 0.571. The van der Waals surface area contributed by atoms with Crippen molar-refractivity contribution >= 4 is 10.0 Å². The highest BCUT2D eigenvalue weighted by Crippen LogP contribution is 2.02. The Morgan fingerprint density at radius 3 is 2.40 bits per heavy atom. The summed E-state index contributed by atoms with van der Waals surface area (Å²) in [5, 5.41) is 0. The minimum atomic E-state index is -3.00. The van der Waals surface area contributed by atoms with Gasteiger partial charge in [0.25, 0.3) is 0 Å². The lowest BCUT2D eigenvalue weighted by Gasteiger charge is -2.24. The molecule has 10 heavy (non-hydrogen) atoms. The van der Waals surface area contributed by atoms with Crippen LogP contribution in [0.5, 0.6) is 0 Å². The molecule has 0 spiro atoms. The molecule has 0 aromatic heterocycles. The Morgan fingerprint density at radius 2 is 2.10 bits per heavy atom. The van der Waals surface area contributed by atoms with Crippen molar-refractivity contribution < 1.29 is 8.42 Å². The zero-order chi connectivity index (χ0) is 7.61. The fourth-order valence-electron chi connectivity index (χ4n) is 0.946. The van der Waals surface area contributed by atoms with Gasteiger partial charge in [-0.3, -0.25) is 0 Å². The molecule has 1 saturated heterocycles. The third-order valence-electron chi connectivity index (χ3n) is 1.48. The lowest BCUT2D eigenvalue weighted by Crippen LogP contribution is -2.46. The molecule has 1 N–H and O–H groups in total. The van der Waals surface area contributed by atoms with E-state index < -0.39 is 10.0 Å². The predicted octanol–water partition coefficient (Wildman–Crippen LogP) is -0.454. The van der Waals surface area contributed by atoms with Gasteiger partial charge in [0, 0.05) is 13.1 Å². The molecule has 0 aromatic carbocycles. The van der Waals surface area contributed by atoms with E-state index >= 15 is 0 Å². The number of hydrazine groups is 1. The zero-order valence-electron chi connectivity index (χ0n) is 6.00. The summed E-state index contributed by atoms with van der Waals surface area (Å²) in [6.45, 7) is 1.38. The van der Waals surface area contributed by atoms with Crippen molar-refractivity contribution in [3.05, 3.63) is 0 Å². The molecular formula is C5H12N2O2S. The Hall–Kier alpha value is -0.130. The van der Waals surface area contributed by atoms with E-state index in [2.05, 4.69) is 5.43 Å². The van der Waals surface area contributed by atoms with Gasteiger partial charge in [-0.15, -0.1) is 4.41 Å². The number of rotatable bonds is 1. The third kappa shape index (κ3) is 1.93. The van der Waals surface area contributed by atoms with E-state index in [1.165, 1.54) is 10.7 Å². The molecule has 1 rings (SSSR count). The first kappa shape index (κ1) is 7.97. The highest BCUT2D eigenvalue weighted by Gasteiger charge is 2.17. The van der Waals surface area contributed by atoms with Crippen molar-refractivity contribution in [2.45, 2.75) is 12.8 Å². The van der Waals surface area contributed by atoms with Gasteiger partial charge in [0.15, 0.2) is 0 Å². The maximum absolute atomic E-state index is 10.8. The molecule has 0 aliphatic carbocycles. The smallest absolute Gasteiger partial charge is 0.223 e. The maximum Gasteiger partial charge on any atom is 0.223 e. The lowest BCUT2D eigenvalue weighted by atomic mass is 10.3. The second-order valence-electron chi connectivity index (χ2n) is 2.45. The first-order chi connectivity index (χ1) is 4.61. The van der Waals surface area contributed by atoms with Gasteiger partial charge in [0.05, 0.1) is 6.26 Å². The van der Waals surface area contributed by atoms with E-state index in [-0.39, 0.29) is 0 Å². The second-order valence-corrected chi connectivity index (χ2v) is 4.36. The molecule has 0 saturated carbocycles. The molecule has 1 aliphatic heterocycles. The Morgan fingerprint density at radius 1 is 1.40 bits per heavy atom. The number of nitrogens with one attached hydrogen (secondary N) is 1. The van der Waals surface area contributed by atoms with Crippen LogP contribution in [0.2, 0.25) is 0 Å². The van der Waals surface area contributed by atoms with Crippen molar-refractivity contribution in [2.75, 3.05) is 19.3 Å². The van der Waals surface area contributed by atoms with Crippen LogP contribution in [0.25, 0.3) is 0 Å². The molecule has 0 unspecified atom stereocenters. The van der Waals surface area contributed by atoms with Crippen LogP contribution in [0, 0.1) is 0 Å². The first-order valence-corrected chi connectivity index (χ1v) is 5.17. The molecule has 4 nitrogen and oxygen atoms in total. The fourth-order valence-corrected chi connectivity index (χ4v) is 1.73. The summed E-state index contributed by atoms with van der Waals surface area (Å²) in [4.78, 5) is 0. The van der Waals surface area contributed by atoms with E-state index in [1.807, 2.05) is 0 Å². The summed E-state index contributed by atoms with van der Waals surface area (Å²) in [6.07, 6.45) is 3.23. The zero-order valence-corrected chi connectivity index (χ0v) is 6.82. The molecule has 1 fully saturated rings. The third-order valence-corrected chi connectivity index (χ3v) is 2.59.